The van der Waals surface area contributed by atoms with E-state index in [4.69, 9.17) is 21.1 Å². The van der Waals surface area contributed by atoms with Gasteiger partial charge in [0.25, 0.3) is 0 Å². The topological polar surface area (TPSA) is 60.5 Å². The number of thioether (sulfide) groups is 1. The molecule has 2 heterocycles. The number of nitrogens with one attached hydrogen (secondary N) is 1. The van der Waals surface area contributed by atoms with Gasteiger partial charge >= 0.3 is 0 Å². The molecule has 0 saturated heterocycles. The van der Waals surface area contributed by atoms with Crippen LogP contribution in [0.3, 0.4) is 0 Å². The van der Waals surface area contributed by atoms with E-state index >= 15 is 0 Å². The van der Waals surface area contributed by atoms with Crippen LogP contribution in [0.2, 0.25) is 5.02 Å². The van der Waals surface area contributed by atoms with E-state index in [2.05, 4.69) is 10.3 Å². The Hall–Kier alpha value is -1.96. The van der Waals surface area contributed by atoms with Crippen LogP contribution < -0.4 is 14.8 Å². The van der Waals surface area contributed by atoms with Crippen LogP contribution in [0.25, 0.3) is 10.2 Å². The van der Waals surface area contributed by atoms with Gasteiger partial charge in [0, 0.05) is 11.6 Å². The summed E-state index contributed by atoms with van der Waals surface area (Å²) in [5.74, 6) is 1.41. The van der Waals surface area contributed by atoms with E-state index in [-0.39, 0.29) is 18.0 Å². The van der Waals surface area contributed by atoms with Gasteiger partial charge in [-0.1, -0.05) is 29.4 Å². The number of amides is 1. The number of fused-ring (bicyclic) bond motifs is 2. The molecule has 26 heavy (non-hydrogen) atoms. The standard InChI is InChI=1S/C18H15ClN2O3S2/c1-10(25-18-21-13-7-12(19)3-5-16(13)26-18)17(22)20-8-11-2-4-14-15(6-11)24-9-23-14/h2-7,10H,8-9H2,1H3,(H,20,22)/t10-/m1/s1. The highest BCUT2D eigenvalue weighted by Gasteiger charge is 2.18. The SMILES string of the molecule is C[C@@H](Sc1nc2cc(Cl)ccc2s1)C(=O)NCc1ccc2c(c1)OCO2. The molecule has 1 aromatic heterocycles. The van der Waals surface area contributed by atoms with Crippen LogP contribution in [-0.4, -0.2) is 22.9 Å². The molecule has 0 bridgehead atoms. The Morgan fingerprint density at radius 2 is 2.15 bits per heavy atom. The molecule has 0 radical (unpaired) electrons. The quantitative estimate of drug-likeness (QED) is 0.633. The van der Waals surface area contributed by atoms with E-state index in [1.165, 1.54) is 11.8 Å². The van der Waals surface area contributed by atoms with Crippen molar-refractivity contribution >= 4 is 50.8 Å². The highest BCUT2D eigenvalue weighted by atomic mass is 35.5. The van der Waals surface area contributed by atoms with Crippen molar-refractivity contribution in [2.75, 3.05) is 6.79 Å². The first kappa shape index (κ1) is 17.5. The van der Waals surface area contributed by atoms with Gasteiger partial charge in [-0.2, -0.15) is 0 Å². The maximum absolute atomic E-state index is 12.4. The van der Waals surface area contributed by atoms with Crippen molar-refractivity contribution in [3.05, 3.63) is 47.0 Å². The molecule has 4 rings (SSSR count). The summed E-state index contributed by atoms with van der Waals surface area (Å²) in [6, 6.07) is 11.3. The Morgan fingerprint density at radius 1 is 1.31 bits per heavy atom. The van der Waals surface area contributed by atoms with E-state index in [0.717, 1.165) is 25.9 Å². The van der Waals surface area contributed by atoms with Crippen molar-refractivity contribution in [2.45, 2.75) is 23.1 Å². The van der Waals surface area contributed by atoms with Gasteiger partial charge in [-0.25, -0.2) is 4.98 Å². The largest absolute Gasteiger partial charge is 0.454 e. The summed E-state index contributed by atoms with van der Waals surface area (Å²) in [6.07, 6.45) is 0. The number of benzene rings is 2. The highest BCUT2D eigenvalue weighted by Crippen LogP contribution is 2.34. The number of aromatic nitrogens is 1. The smallest absolute Gasteiger partial charge is 0.233 e. The predicted molar refractivity (Wildman–Crippen MR) is 104 cm³/mol. The monoisotopic (exact) mass is 406 g/mol. The summed E-state index contributed by atoms with van der Waals surface area (Å²) >= 11 is 9.00. The second-order valence-corrected chi connectivity index (χ2v) is 8.81. The highest BCUT2D eigenvalue weighted by molar-refractivity contribution is 8.02. The molecule has 3 aromatic rings. The van der Waals surface area contributed by atoms with E-state index in [1.807, 2.05) is 43.3 Å². The number of carbonyl (C=O) groups is 1. The maximum atomic E-state index is 12.4. The summed E-state index contributed by atoms with van der Waals surface area (Å²) in [5, 5.41) is 3.36. The lowest BCUT2D eigenvalue weighted by atomic mass is 10.2. The lowest BCUT2D eigenvalue weighted by Crippen LogP contribution is -2.30. The van der Waals surface area contributed by atoms with Crippen molar-refractivity contribution in [2.24, 2.45) is 0 Å². The van der Waals surface area contributed by atoms with Crippen LogP contribution in [0, 0.1) is 0 Å². The van der Waals surface area contributed by atoms with E-state index in [9.17, 15) is 4.79 Å². The Labute approximate surface area is 163 Å². The molecule has 0 saturated carbocycles. The van der Waals surface area contributed by atoms with Crippen molar-refractivity contribution in [1.82, 2.24) is 10.3 Å². The fourth-order valence-electron chi connectivity index (χ4n) is 2.52. The predicted octanol–water partition coefficient (Wildman–Crippen LogP) is 4.48. The molecule has 8 heteroatoms. The van der Waals surface area contributed by atoms with Gasteiger partial charge in [0.2, 0.25) is 12.7 Å². The van der Waals surface area contributed by atoms with Crippen molar-refractivity contribution < 1.29 is 14.3 Å². The zero-order chi connectivity index (χ0) is 18.1. The molecule has 1 aliphatic heterocycles. The molecule has 1 N–H and O–H groups in total. The zero-order valence-corrected chi connectivity index (χ0v) is 16.2. The summed E-state index contributed by atoms with van der Waals surface area (Å²) < 4.78 is 12.6. The van der Waals surface area contributed by atoms with E-state index in [1.54, 1.807) is 11.3 Å². The van der Waals surface area contributed by atoms with Crippen molar-refractivity contribution in [3.63, 3.8) is 0 Å². The van der Waals surface area contributed by atoms with Crippen LogP contribution in [0.4, 0.5) is 0 Å². The van der Waals surface area contributed by atoms with Gasteiger partial charge in [0.1, 0.15) is 0 Å². The van der Waals surface area contributed by atoms with Crippen LogP contribution in [0.1, 0.15) is 12.5 Å². The average molecular weight is 407 g/mol. The summed E-state index contributed by atoms with van der Waals surface area (Å²) in [6.45, 7) is 2.56. The first-order chi connectivity index (χ1) is 12.6. The molecular weight excluding hydrogens is 392 g/mol. The lowest BCUT2D eigenvalue weighted by Gasteiger charge is -2.10. The number of carbonyl (C=O) groups excluding carboxylic acids is 1. The molecule has 0 unspecified atom stereocenters. The van der Waals surface area contributed by atoms with Gasteiger partial charge in [-0.15, -0.1) is 11.3 Å². The van der Waals surface area contributed by atoms with Crippen LogP contribution in [-0.2, 0) is 11.3 Å². The van der Waals surface area contributed by atoms with Crippen LogP contribution in [0.5, 0.6) is 11.5 Å². The molecule has 134 valence electrons. The zero-order valence-electron chi connectivity index (χ0n) is 13.8. The maximum Gasteiger partial charge on any atom is 0.233 e. The number of thiazole rings is 1. The summed E-state index contributed by atoms with van der Waals surface area (Å²) in [7, 11) is 0. The molecule has 0 spiro atoms. The van der Waals surface area contributed by atoms with Crippen molar-refractivity contribution in [1.29, 1.82) is 0 Å². The number of rotatable bonds is 5. The number of hydrogen-bond donors (Lipinski definition) is 1. The molecule has 1 atom stereocenters. The fourth-order valence-corrected chi connectivity index (χ4v) is 4.90. The summed E-state index contributed by atoms with van der Waals surface area (Å²) in [5.41, 5.74) is 1.83. The van der Waals surface area contributed by atoms with Crippen LogP contribution in [0.15, 0.2) is 40.7 Å². The molecule has 2 aromatic carbocycles. The van der Waals surface area contributed by atoms with Gasteiger partial charge < -0.3 is 14.8 Å². The number of ether oxygens (including phenoxy) is 2. The molecule has 5 nitrogen and oxygen atoms in total. The Bertz CT molecular complexity index is 976. The third kappa shape index (κ3) is 3.75. The lowest BCUT2D eigenvalue weighted by molar-refractivity contribution is -0.120. The molecular formula is C18H15ClN2O3S2. The number of hydrogen-bond acceptors (Lipinski definition) is 6. The third-order valence-corrected chi connectivity index (χ3v) is 6.35. The number of nitrogens with zero attached hydrogens (tertiary/aromatic N) is 1. The Balaban J connectivity index is 1.36. The van der Waals surface area contributed by atoms with Gasteiger partial charge in [0.05, 0.1) is 15.5 Å². The second-order valence-electron chi connectivity index (χ2n) is 5.76. The van der Waals surface area contributed by atoms with Crippen molar-refractivity contribution in [3.8, 4) is 11.5 Å². The normalized spacial score (nSPS) is 13.8. The Kier molecular flexibility index (Phi) is 4.93. The first-order valence-electron chi connectivity index (χ1n) is 7.97. The van der Waals surface area contributed by atoms with E-state index in [0.29, 0.717) is 17.3 Å². The minimum atomic E-state index is -0.250. The Morgan fingerprint density at radius 3 is 3.04 bits per heavy atom. The number of halogens is 1. The van der Waals surface area contributed by atoms with Crippen LogP contribution >= 0.6 is 34.7 Å². The molecule has 0 aliphatic carbocycles. The van der Waals surface area contributed by atoms with Gasteiger partial charge in [-0.05, 0) is 42.8 Å². The molecule has 1 amide bonds. The third-order valence-electron chi connectivity index (χ3n) is 3.88. The fraction of sp³-hybridized carbons (Fsp3) is 0.222. The minimum absolute atomic E-state index is 0.0371. The summed E-state index contributed by atoms with van der Waals surface area (Å²) in [4.78, 5) is 16.9. The minimum Gasteiger partial charge on any atom is -0.454 e. The van der Waals surface area contributed by atoms with Gasteiger partial charge in [-0.3, -0.25) is 4.79 Å². The van der Waals surface area contributed by atoms with E-state index < -0.39 is 0 Å². The second kappa shape index (κ2) is 7.34. The van der Waals surface area contributed by atoms with Gasteiger partial charge in [0.15, 0.2) is 15.8 Å². The first-order valence-corrected chi connectivity index (χ1v) is 10.0. The average Bonchev–Trinajstić information content (AvgIpc) is 3.24. The molecule has 1 aliphatic rings. The molecule has 0 fully saturated rings.